The van der Waals surface area contributed by atoms with Crippen LogP contribution >= 0.6 is 23.4 Å². The van der Waals surface area contributed by atoms with Crippen molar-refractivity contribution in [3.05, 3.63) is 23.2 Å². The lowest BCUT2D eigenvalue weighted by atomic mass is 9.95. The number of carbonyl (C=O) groups is 1. The third-order valence-electron chi connectivity index (χ3n) is 5.30. The van der Waals surface area contributed by atoms with Gasteiger partial charge in [-0.3, -0.25) is 9.89 Å². The molecule has 0 radical (unpaired) electrons. The van der Waals surface area contributed by atoms with Crippen LogP contribution in [0, 0.1) is 11.8 Å². The van der Waals surface area contributed by atoms with Gasteiger partial charge in [0.2, 0.25) is 11.1 Å². The Balaban J connectivity index is 1.35. The standard InChI is InChI=1S/C18H21ClN4O2S/c1-25-15-5-4-12(19)8-13(15)17-21-18(23-22-17)26-9-16(24)20-14-7-10-2-3-11(14)6-10/h4-5,8,10-11,14H,2-3,6-7,9H2,1H3,(H,20,24)(H,21,22,23)/t10-,11+,14-/m0/s1. The lowest BCUT2D eigenvalue weighted by molar-refractivity contribution is -0.119. The number of fused-ring (bicyclic) bond motifs is 2. The summed E-state index contributed by atoms with van der Waals surface area (Å²) >= 11 is 7.39. The fourth-order valence-corrected chi connectivity index (χ4v) is 4.88. The molecule has 0 unspecified atom stereocenters. The molecule has 3 atom stereocenters. The molecule has 2 bridgehead atoms. The van der Waals surface area contributed by atoms with Gasteiger partial charge in [-0.05, 0) is 49.3 Å². The monoisotopic (exact) mass is 392 g/mol. The number of amides is 1. The summed E-state index contributed by atoms with van der Waals surface area (Å²) in [6.45, 7) is 0. The number of halogens is 1. The quantitative estimate of drug-likeness (QED) is 0.735. The summed E-state index contributed by atoms with van der Waals surface area (Å²) in [4.78, 5) is 16.7. The molecule has 138 valence electrons. The molecule has 2 N–H and O–H groups in total. The van der Waals surface area contributed by atoms with Crippen molar-refractivity contribution < 1.29 is 9.53 Å². The normalized spacial score (nSPS) is 24.0. The molecule has 6 nitrogen and oxygen atoms in total. The Morgan fingerprint density at radius 3 is 3.04 bits per heavy atom. The first-order chi connectivity index (χ1) is 12.6. The van der Waals surface area contributed by atoms with Crippen molar-refractivity contribution in [2.24, 2.45) is 11.8 Å². The van der Waals surface area contributed by atoms with Crippen molar-refractivity contribution in [2.75, 3.05) is 12.9 Å². The zero-order valence-electron chi connectivity index (χ0n) is 14.5. The number of hydrogen-bond donors (Lipinski definition) is 2. The van der Waals surface area contributed by atoms with Crippen LogP contribution in [0.25, 0.3) is 11.4 Å². The van der Waals surface area contributed by atoms with Crippen LogP contribution in [-0.2, 0) is 4.79 Å². The summed E-state index contributed by atoms with van der Waals surface area (Å²) in [5.74, 6) is 3.11. The third kappa shape index (κ3) is 3.69. The molecular formula is C18H21ClN4O2S. The van der Waals surface area contributed by atoms with Gasteiger partial charge in [0.05, 0.1) is 18.4 Å². The van der Waals surface area contributed by atoms with Crippen LogP contribution in [0.4, 0.5) is 0 Å². The number of aromatic amines is 1. The zero-order valence-corrected chi connectivity index (χ0v) is 16.1. The molecule has 2 aliphatic carbocycles. The average Bonchev–Trinajstić information content (AvgIpc) is 3.37. The minimum atomic E-state index is 0.0548. The molecule has 0 spiro atoms. The molecule has 1 aromatic carbocycles. The van der Waals surface area contributed by atoms with Gasteiger partial charge in [0, 0.05) is 11.1 Å². The van der Waals surface area contributed by atoms with Crippen LogP contribution in [0.3, 0.4) is 0 Å². The highest BCUT2D eigenvalue weighted by Crippen LogP contribution is 2.44. The van der Waals surface area contributed by atoms with E-state index in [9.17, 15) is 4.79 Å². The molecule has 2 aliphatic rings. The molecule has 1 aromatic heterocycles. The van der Waals surface area contributed by atoms with Crippen molar-refractivity contribution in [2.45, 2.75) is 36.9 Å². The van der Waals surface area contributed by atoms with E-state index in [-0.39, 0.29) is 5.91 Å². The van der Waals surface area contributed by atoms with Crippen molar-refractivity contribution in [1.29, 1.82) is 0 Å². The number of thioether (sulfide) groups is 1. The van der Waals surface area contributed by atoms with E-state index in [4.69, 9.17) is 16.3 Å². The van der Waals surface area contributed by atoms with E-state index in [0.717, 1.165) is 17.9 Å². The maximum absolute atomic E-state index is 12.2. The summed E-state index contributed by atoms with van der Waals surface area (Å²) < 4.78 is 5.34. The summed E-state index contributed by atoms with van der Waals surface area (Å²) in [5.41, 5.74) is 0.741. The van der Waals surface area contributed by atoms with Gasteiger partial charge in [-0.1, -0.05) is 29.8 Å². The van der Waals surface area contributed by atoms with Crippen LogP contribution in [0.1, 0.15) is 25.7 Å². The maximum Gasteiger partial charge on any atom is 0.230 e. The predicted molar refractivity (Wildman–Crippen MR) is 101 cm³/mol. The van der Waals surface area contributed by atoms with Gasteiger partial charge in [-0.25, -0.2) is 4.98 Å². The lowest BCUT2D eigenvalue weighted by Gasteiger charge is -2.22. The summed E-state index contributed by atoms with van der Waals surface area (Å²) in [6, 6.07) is 5.68. The Hall–Kier alpha value is -1.73. The van der Waals surface area contributed by atoms with Crippen LogP contribution in [-0.4, -0.2) is 40.0 Å². The first kappa shape index (κ1) is 17.7. The van der Waals surface area contributed by atoms with Gasteiger partial charge in [-0.15, -0.1) is 5.10 Å². The van der Waals surface area contributed by atoms with Crippen LogP contribution in [0.5, 0.6) is 5.75 Å². The molecule has 2 saturated carbocycles. The van der Waals surface area contributed by atoms with E-state index in [2.05, 4.69) is 20.5 Å². The Bertz CT molecular complexity index is 812. The van der Waals surface area contributed by atoms with Crippen molar-refractivity contribution >= 4 is 29.3 Å². The van der Waals surface area contributed by atoms with Gasteiger partial charge in [-0.2, -0.15) is 0 Å². The van der Waals surface area contributed by atoms with Crippen LogP contribution in [0.2, 0.25) is 5.02 Å². The van der Waals surface area contributed by atoms with Crippen molar-refractivity contribution in [1.82, 2.24) is 20.5 Å². The summed E-state index contributed by atoms with van der Waals surface area (Å²) in [5, 5.41) is 11.4. The van der Waals surface area contributed by atoms with Gasteiger partial charge in [0.25, 0.3) is 0 Å². The molecule has 0 saturated heterocycles. The van der Waals surface area contributed by atoms with Crippen LogP contribution < -0.4 is 10.1 Å². The molecule has 2 aromatic rings. The van der Waals surface area contributed by atoms with Crippen LogP contribution in [0.15, 0.2) is 23.4 Å². The Kier molecular flexibility index (Phi) is 5.09. The largest absolute Gasteiger partial charge is 0.496 e. The molecule has 4 rings (SSSR count). The number of aromatic nitrogens is 3. The fraction of sp³-hybridized carbons (Fsp3) is 0.500. The molecular weight excluding hydrogens is 372 g/mol. The number of methoxy groups -OCH3 is 1. The smallest absolute Gasteiger partial charge is 0.230 e. The number of rotatable bonds is 6. The maximum atomic E-state index is 12.2. The highest BCUT2D eigenvalue weighted by Gasteiger charge is 2.40. The lowest BCUT2D eigenvalue weighted by Crippen LogP contribution is -2.39. The molecule has 8 heteroatoms. The van der Waals surface area contributed by atoms with Crippen molar-refractivity contribution in [3.8, 4) is 17.1 Å². The minimum absolute atomic E-state index is 0.0548. The molecule has 0 aliphatic heterocycles. The number of nitrogens with one attached hydrogen (secondary N) is 2. The second-order valence-corrected chi connectivity index (χ2v) is 8.33. The van der Waals surface area contributed by atoms with Gasteiger partial charge in [0.15, 0.2) is 5.82 Å². The second-order valence-electron chi connectivity index (χ2n) is 6.95. The summed E-state index contributed by atoms with van der Waals surface area (Å²) in [7, 11) is 1.60. The van der Waals surface area contributed by atoms with E-state index >= 15 is 0 Å². The SMILES string of the molecule is COc1ccc(Cl)cc1-c1nc(SCC(=O)N[C@H]2C[C@H]3CC[C@@H]2C3)n[nH]1. The summed E-state index contributed by atoms with van der Waals surface area (Å²) in [6.07, 6.45) is 5.01. The number of H-pyrrole nitrogens is 1. The van der Waals surface area contributed by atoms with E-state index < -0.39 is 0 Å². The topological polar surface area (TPSA) is 79.9 Å². The average molecular weight is 393 g/mol. The first-order valence-electron chi connectivity index (χ1n) is 8.81. The van der Waals surface area contributed by atoms with Crippen molar-refractivity contribution in [3.63, 3.8) is 0 Å². The van der Waals surface area contributed by atoms with E-state index in [1.165, 1.54) is 31.0 Å². The van der Waals surface area contributed by atoms with E-state index in [1.807, 2.05) is 0 Å². The fourth-order valence-electron chi connectivity index (χ4n) is 4.10. The molecule has 2 fully saturated rings. The van der Waals surface area contributed by atoms with Gasteiger partial charge < -0.3 is 10.1 Å². The minimum Gasteiger partial charge on any atom is -0.496 e. The zero-order chi connectivity index (χ0) is 18.1. The number of hydrogen-bond acceptors (Lipinski definition) is 5. The number of ether oxygens (including phenoxy) is 1. The number of nitrogens with zero attached hydrogens (tertiary/aromatic N) is 2. The number of carbonyl (C=O) groups excluding carboxylic acids is 1. The molecule has 26 heavy (non-hydrogen) atoms. The van der Waals surface area contributed by atoms with E-state index in [1.54, 1.807) is 25.3 Å². The Morgan fingerprint density at radius 2 is 2.31 bits per heavy atom. The van der Waals surface area contributed by atoms with Gasteiger partial charge >= 0.3 is 0 Å². The molecule has 1 amide bonds. The Morgan fingerprint density at radius 1 is 1.42 bits per heavy atom. The van der Waals surface area contributed by atoms with Gasteiger partial charge in [0.1, 0.15) is 5.75 Å². The Labute approximate surface area is 161 Å². The highest BCUT2D eigenvalue weighted by molar-refractivity contribution is 7.99. The molecule has 1 heterocycles. The first-order valence-corrected chi connectivity index (χ1v) is 10.2. The third-order valence-corrected chi connectivity index (χ3v) is 6.38. The predicted octanol–water partition coefficient (Wildman–Crippen LogP) is 3.53. The highest BCUT2D eigenvalue weighted by atomic mass is 35.5. The van der Waals surface area contributed by atoms with E-state index in [0.29, 0.717) is 39.5 Å². The second kappa shape index (κ2) is 7.48. The number of benzene rings is 1.